The van der Waals surface area contributed by atoms with Crippen LogP contribution in [-0.4, -0.2) is 58.8 Å². The molecule has 0 aromatic heterocycles. The zero-order valence-corrected chi connectivity index (χ0v) is 31.5. The third-order valence-corrected chi connectivity index (χ3v) is 8.46. The fraction of sp³-hybridized carbons (Fsp3) is 0.650. The minimum absolute atomic E-state index is 0.0467. The smallest absolute Gasteiger partial charge is 0.189 e. The van der Waals surface area contributed by atoms with Crippen LogP contribution in [0.4, 0.5) is 0 Å². The van der Waals surface area contributed by atoms with Gasteiger partial charge in [0, 0.05) is 26.1 Å². The number of ether oxygens (including phenoxy) is 4. The monoisotopic (exact) mass is 670 g/mol. The van der Waals surface area contributed by atoms with Crippen molar-refractivity contribution in [2.75, 3.05) is 13.2 Å². The number of rotatable bonds is 26. The third-order valence-electron chi connectivity index (χ3n) is 8.46. The van der Waals surface area contributed by atoms with E-state index in [9.17, 15) is 19.2 Å². The molecule has 0 fully saturated rings. The number of unbranched alkanes of at least 4 members (excludes halogenated alkanes) is 4. The second-order valence-electron chi connectivity index (χ2n) is 14.8. The van der Waals surface area contributed by atoms with Crippen molar-refractivity contribution in [1.29, 1.82) is 0 Å². The predicted octanol–water partition coefficient (Wildman–Crippen LogP) is 8.42. The molecule has 0 saturated carbocycles. The molecule has 1 aromatic rings. The van der Waals surface area contributed by atoms with Crippen molar-refractivity contribution in [1.82, 2.24) is 0 Å². The molecule has 0 bridgehead atoms. The highest BCUT2D eigenvalue weighted by Crippen LogP contribution is 2.22. The van der Waals surface area contributed by atoms with Crippen LogP contribution in [0.1, 0.15) is 132 Å². The molecule has 0 amide bonds. The van der Waals surface area contributed by atoms with E-state index in [0.29, 0.717) is 50.4 Å². The lowest BCUT2D eigenvalue weighted by Crippen LogP contribution is -2.36. The number of Topliss-reactive ketones (excluding diaryl/α,β-unsaturated/α-hetero) is 4. The number of benzene rings is 1. The van der Waals surface area contributed by atoms with E-state index < -0.39 is 22.4 Å². The topological polar surface area (TPSA) is 105 Å². The molecular formula is C40H62O8. The molecule has 0 heterocycles. The normalized spacial score (nSPS) is 12.5. The maximum absolute atomic E-state index is 12.8. The van der Waals surface area contributed by atoms with Crippen LogP contribution in [0.3, 0.4) is 0 Å². The summed E-state index contributed by atoms with van der Waals surface area (Å²) in [5, 5.41) is 0. The summed E-state index contributed by atoms with van der Waals surface area (Å²) in [4.78, 5) is 50.0. The van der Waals surface area contributed by atoms with E-state index in [4.69, 9.17) is 18.9 Å². The first-order chi connectivity index (χ1) is 22.1. The zero-order valence-electron chi connectivity index (χ0n) is 31.5. The molecule has 0 aliphatic heterocycles. The Kier molecular flexibility index (Phi) is 17.5. The van der Waals surface area contributed by atoms with Crippen molar-refractivity contribution in [3.63, 3.8) is 0 Å². The maximum Gasteiger partial charge on any atom is 0.189 e. The molecule has 0 aliphatic carbocycles. The van der Waals surface area contributed by atoms with Crippen LogP contribution in [0.25, 0.3) is 0 Å². The summed E-state index contributed by atoms with van der Waals surface area (Å²) >= 11 is 0. The highest BCUT2D eigenvalue weighted by Gasteiger charge is 2.31. The summed E-state index contributed by atoms with van der Waals surface area (Å²) in [6.07, 6.45) is 5.44. The van der Waals surface area contributed by atoms with E-state index in [1.54, 1.807) is 69.2 Å². The molecule has 0 radical (unpaired) electrons. The second kappa shape index (κ2) is 19.4. The van der Waals surface area contributed by atoms with Crippen molar-refractivity contribution in [3.8, 4) is 0 Å². The number of carbonyl (C=O) groups excluding carboxylic acids is 4. The molecule has 0 unspecified atom stereocenters. The molecule has 0 N–H and O–H groups in total. The van der Waals surface area contributed by atoms with Crippen molar-refractivity contribution < 1.29 is 38.1 Å². The molecular weight excluding hydrogens is 608 g/mol. The summed E-state index contributed by atoms with van der Waals surface area (Å²) in [5.74, 6) is -0.107. The largest absolute Gasteiger partial charge is 0.367 e. The highest BCUT2D eigenvalue weighted by atomic mass is 16.5. The molecule has 270 valence electrons. The lowest BCUT2D eigenvalue weighted by atomic mass is 9.97. The van der Waals surface area contributed by atoms with Gasteiger partial charge in [0.15, 0.2) is 23.1 Å². The SMILES string of the molecule is C=C(C)C(=O)C(C)(C)OCCCCCC(=O)C(C)(C)OCc1ccc(COC(C)(C)C(=O)CCCCCOC(C)(C)C(=O)C(=C)C)cc1. The average Bonchev–Trinajstić information content (AvgIpc) is 3.01. The van der Waals surface area contributed by atoms with Crippen molar-refractivity contribution >= 4 is 23.1 Å². The summed E-state index contributed by atoms with van der Waals surface area (Å²) in [7, 11) is 0. The molecule has 8 heteroatoms. The van der Waals surface area contributed by atoms with Crippen LogP contribution in [-0.2, 0) is 51.3 Å². The Morgan fingerprint density at radius 2 is 0.812 bits per heavy atom. The molecule has 8 nitrogen and oxygen atoms in total. The summed E-state index contributed by atoms with van der Waals surface area (Å²) in [6.45, 7) is 26.5. The fourth-order valence-electron chi connectivity index (χ4n) is 4.96. The van der Waals surface area contributed by atoms with E-state index >= 15 is 0 Å². The van der Waals surface area contributed by atoms with Gasteiger partial charge in [-0.3, -0.25) is 19.2 Å². The molecule has 1 rings (SSSR count). The van der Waals surface area contributed by atoms with E-state index in [2.05, 4.69) is 13.2 Å². The first kappa shape index (κ1) is 43.2. The van der Waals surface area contributed by atoms with Crippen LogP contribution in [0, 0.1) is 0 Å². The van der Waals surface area contributed by atoms with Gasteiger partial charge in [0.1, 0.15) is 22.4 Å². The van der Waals surface area contributed by atoms with Gasteiger partial charge in [0.05, 0.1) is 13.2 Å². The highest BCUT2D eigenvalue weighted by molar-refractivity contribution is 6.00. The van der Waals surface area contributed by atoms with Crippen LogP contribution in [0.2, 0.25) is 0 Å². The second-order valence-corrected chi connectivity index (χ2v) is 14.8. The first-order valence-corrected chi connectivity index (χ1v) is 17.2. The summed E-state index contributed by atoms with van der Waals surface area (Å²) < 4.78 is 23.5. The van der Waals surface area contributed by atoms with Gasteiger partial charge in [0.2, 0.25) is 0 Å². The molecule has 0 spiro atoms. The minimum Gasteiger partial charge on any atom is -0.367 e. The van der Waals surface area contributed by atoms with Crippen LogP contribution < -0.4 is 0 Å². The van der Waals surface area contributed by atoms with Crippen LogP contribution in [0.5, 0.6) is 0 Å². The van der Waals surface area contributed by atoms with Gasteiger partial charge in [-0.15, -0.1) is 0 Å². The van der Waals surface area contributed by atoms with Crippen molar-refractivity contribution in [2.45, 2.75) is 156 Å². The van der Waals surface area contributed by atoms with Gasteiger partial charge in [-0.2, -0.15) is 0 Å². The van der Waals surface area contributed by atoms with Gasteiger partial charge in [-0.05, 0) is 117 Å². The first-order valence-electron chi connectivity index (χ1n) is 17.2. The predicted molar refractivity (Wildman–Crippen MR) is 191 cm³/mol. The minimum atomic E-state index is -0.911. The van der Waals surface area contributed by atoms with E-state index in [0.717, 1.165) is 49.7 Å². The average molecular weight is 671 g/mol. The summed E-state index contributed by atoms with van der Waals surface area (Å²) in [6, 6.07) is 7.78. The number of hydrogen-bond acceptors (Lipinski definition) is 8. The number of carbonyl (C=O) groups is 4. The Bertz CT molecular complexity index is 1150. The van der Waals surface area contributed by atoms with Crippen molar-refractivity contribution in [2.24, 2.45) is 0 Å². The van der Waals surface area contributed by atoms with E-state index in [1.807, 2.05) is 24.3 Å². The van der Waals surface area contributed by atoms with Crippen molar-refractivity contribution in [3.05, 3.63) is 59.7 Å². The molecule has 0 saturated heterocycles. The lowest BCUT2D eigenvalue weighted by molar-refractivity contribution is -0.142. The van der Waals surface area contributed by atoms with Gasteiger partial charge < -0.3 is 18.9 Å². The third kappa shape index (κ3) is 15.2. The quantitative estimate of drug-likeness (QED) is 0.0715. The molecule has 0 aliphatic rings. The molecule has 0 atom stereocenters. The van der Waals surface area contributed by atoms with E-state index in [1.165, 1.54) is 0 Å². The standard InChI is InChI=1S/C40H62O8/c1-29(2)35(43)39(9,10)45-25-17-13-15-19-33(41)37(5,6)47-27-31-21-23-32(24-22-31)28-48-38(7,8)34(42)20-16-14-18-26-46-40(11,12)36(44)30(3)4/h21-24H,1,3,13-20,25-28H2,2,4-12H3. The fourth-order valence-corrected chi connectivity index (χ4v) is 4.96. The van der Waals surface area contributed by atoms with Gasteiger partial charge >= 0.3 is 0 Å². The number of hydrogen-bond donors (Lipinski definition) is 0. The number of ketones is 4. The van der Waals surface area contributed by atoms with E-state index in [-0.39, 0.29) is 23.1 Å². The van der Waals surface area contributed by atoms with Gasteiger partial charge in [-0.1, -0.05) is 50.3 Å². The summed E-state index contributed by atoms with van der Waals surface area (Å²) in [5.41, 5.74) is -0.753. The Morgan fingerprint density at radius 3 is 1.10 bits per heavy atom. The zero-order chi connectivity index (χ0) is 36.8. The van der Waals surface area contributed by atoms with Gasteiger partial charge in [-0.25, -0.2) is 0 Å². The van der Waals surface area contributed by atoms with Gasteiger partial charge in [0.25, 0.3) is 0 Å². The Labute approximate surface area is 290 Å². The molecule has 48 heavy (non-hydrogen) atoms. The molecule has 1 aromatic carbocycles. The van der Waals surface area contributed by atoms with Crippen LogP contribution in [0.15, 0.2) is 48.6 Å². The maximum atomic E-state index is 12.8. The Balaban J connectivity index is 2.38. The Morgan fingerprint density at radius 1 is 0.500 bits per heavy atom. The Hall–Kier alpha value is -2.78. The van der Waals surface area contributed by atoms with Crippen LogP contribution >= 0.6 is 0 Å². The lowest BCUT2D eigenvalue weighted by Gasteiger charge is -2.25.